The summed E-state index contributed by atoms with van der Waals surface area (Å²) < 4.78 is 10.9. The van der Waals surface area contributed by atoms with Gasteiger partial charge in [0.25, 0.3) is 5.91 Å². The summed E-state index contributed by atoms with van der Waals surface area (Å²) in [6.45, 7) is 6.05. The maximum atomic E-state index is 12.1. The molecule has 1 amide bonds. The molecule has 1 heterocycles. The highest BCUT2D eigenvalue weighted by Crippen LogP contribution is 2.36. The fourth-order valence-corrected chi connectivity index (χ4v) is 3.39. The minimum atomic E-state index is -0.126. The molecule has 2 aromatic rings. The fraction of sp³-hybridized carbons (Fsp3) is 0.417. The first kappa shape index (κ1) is 22.5. The van der Waals surface area contributed by atoms with Gasteiger partial charge in [0, 0.05) is 45.2 Å². The number of carbonyl (C=O) groups is 1. The lowest BCUT2D eigenvalue weighted by atomic mass is 9.84. The number of nitrogens with one attached hydrogen (secondary N) is 2. The molecule has 1 aliphatic heterocycles. The number of nitrogens with zero attached hydrogens (tertiary/aromatic N) is 2. The SMILES string of the molecule is CN=C(NCCc1cccc(C(=O)N(C)C)c1)NCC(C)(C)c1ccc2c(c1)OCO2. The van der Waals surface area contributed by atoms with Gasteiger partial charge in [-0.05, 0) is 41.8 Å². The monoisotopic (exact) mass is 424 g/mol. The molecule has 166 valence electrons. The molecule has 0 saturated heterocycles. The standard InChI is InChI=1S/C24H32N4O3/c1-24(2,19-9-10-20-21(14-19)31-16-30-20)15-27-23(25-3)26-12-11-17-7-6-8-18(13-17)22(29)28(4)5/h6-10,13-14H,11-12,15-16H2,1-5H3,(H2,25,26,27). The summed E-state index contributed by atoms with van der Waals surface area (Å²) in [5.74, 6) is 2.34. The number of ether oxygens (including phenoxy) is 2. The largest absolute Gasteiger partial charge is 0.454 e. The molecule has 0 saturated carbocycles. The Bertz CT molecular complexity index is 954. The number of aliphatic imine (C=N–C) groups is 1. The van der Waals surface area contributed by atoms with Crippen molar-refractivity contribution in [3.8, 4) is 11.5 Å². The maximum absolute atomic E-state index is 12.1. The molecular formula is C24H32N4O3. The molecule has 0 radical (unpaired) electrons. The molecule has 7 nitrogen and oxygen atoms in total. The number of hydrogen-bond acceptors (Lipinski definition) is 4. The second-order valence-corrected chi connectivity index (χ2v) is 8.45. The van der Waals surface area contributed by atoms with Gasteiger partial charge in [-0.2, -0.15) is 0 Å². The number of carbonyl (C=O) groups excluding carboxylic acids is 1. The lowest BCUT2D eigenvalue weighted by Crippen LogP contribution is -2.44. The molecule has 31 heavy (non-hydrogen) atoms. The molecule has 1 aliphatic rings. The molecule has 0 fully saturated rings. The molecule has 0 unspecified atom stereocenters. The van der Waals surface area contributed by atoms with E-state index in [1.807, 2.05) is 36.4 Å². The van der Waals surface area contributed by atoms with Crippen molar-refractivity contribution >= 4 is 11.9 Å². The Kier molecular flexibility index (Phi) is 7.05. The van der Waals surface area contributed by atoms with Crippen LogP contribution in [0.3, 0.4) is 0 Å². The van der Waals surface area contributed by atoms with E-state index in [1.54, 1.807) is 26.0 Å². The van der Waals surface area contributed by atoms with Crippen molar-refractivity contribution in [2.75, 3.05) is 41.0 Å². The third-order valence-electron chi connectivity index (χ3n) is 5.36. The molecule has 2 N–H and O–H groups in total. The van der Waals surface area contributed by atoms with E-state index in [2.05, 4.69) is 35.5 Å². The molecule has 3 rings (SSSR count). The van der Waals surface area contributed by atoms with Crippen molar-refractivity contribution in [2.24, 2.45) is 4.99 Å². The van der Waals surface area contributed by atoms with Crippen LogP contribution < -0.4 is 20.1 Å². The number of amides is 1. The summed E-state index contributed by atoms with van der Waals surface area (Å²) >= 11 is 0. The highest BCUT2D eigenvalue weighted by atomic mass is 16.7. The minimum absolute atomic E-state index is 0.0121. The van der Waals surface area contributed by atoms with Gasteiger partial charge in [-0.15, -0.1) is 0 Å². The smallest absolute Gasteiger partial charge is 0.253 e. The lowest BCUT2D eigenvalue weighted by molar-refractivity contribution is 0.0827. The van der Waals surface area contributed by atoms with Crippen LogP contribution in [-0.2, 0) is 11.8 Å². The Morgan fingerprint density at radius 1 is 1.10 bits per heavy atom. The maximum Gasteiger partial charge on any atom is 0.253 e. The number of guanidine groups is 1. The summed E-state index contributed by atoms with van der Waals surface area (Å²) in [7, 11) is 5.29. The fourth-order valence-electron chi connectivity index (χ4n) is 3.39. The van der Waals surface area contributed by atoms with Crippen molar-refractivity contribution < 1.29 is 14.3 Å². The summed E-state index contributed by atoms with van der Waals surface area (Å²) in [4.78, 5) is 18.1. The van der Waals surface area contributed by atoms with Crippen LogP contribution in [0, 0.1) is 0 Å². The zero-order chi connectivity index (χ0) is 22.4. The van der Waals surface area contributed by atoms with E-state index in [0.717, 1.165) is 29.4 Å². The van der Waals surface area contributed by atoms with Crippen molar-refractivity contribution in [1.29, 1.82) is 0 Å². The van der Waals surface area contributed by atoms with Gasteiger partial charge < -0.3 is 25.0 Å². The number of benzene rings is 2. The third-order valence-corrected chi connectivity index (χ3v) is 5.36. The summed E-state index contributed by atoms with van der Waals surface area (Å²) in [5.41, 5.74) is 2.85. The molecule has 0 aromatic heterocycles. The van der Waals surface area contributed by atoms with Crippen LogP contribution >= 0.6 is 0 Å². The second kappa shape index (κ2) is 9.73. The van der Waals surface area contributed by atoms with Crippen molar-refractivity contribution in [3.05, 3.63) is 59.2 Å². The van der Waals surface area contributed by atoms with Gasteiger partial charge >= 0.3 is 0 Å². The van der Waals surface area contributed by atoms with Gasteiger partial charge in [0.1, 0.15) is 0 Å². The molecule has 0 bridgehead atoms. The first-order valence-electron chi connectivity index (χ1n) is 10.5. The van der Waals surface area contributed by atoms with E-state index >= 15 is 0 Å². The second-order valence-electron chi connectivity index (χ2n) is 8.45. The van der Waals surface area contributed by atoms with E-state index in [4.69, 9.17) is 9.47 Å². The minimum Gasteiger partial charge on any atom is -0.454 e. The van der Waals surface area contributed by atoms with Gasteiger partial charge in [-0.25, -0.2) is 0 Å². The van der Waals surface area contributed by atoms with Crippen LogP contribution in [-0.4, -0.2) is 57.8 Å². The molecule has 0 spiro atoms. The van der Waals surface area contributed by atoms with Crippen LogP contribution in [0.2, 0.25) is 0 Å². The van der Waals surface area contributed by atoms with Crippen molar-refractivity contribution in [3.63, 3.8) is 0 Å². The predicted molar refractivity (Wildman–Crippen MR) is 123 cm³/mol. The Morgan fingerprint density at radius 2 is 1.87 bits per heavy atom. The Morgan fingerprint density at radius 3 is 2.61 bits per heavy atom. The van der Waals surface area contributed by atoms with Crippen LogP contribution in [0.15, 0.2) is 47.5 Å². The molecule has 0 atom stereocenters. The first-order valence-corrected chi connectivity index (χ1v) is 10.5. The predicted octanol–water partition coefficient (Wildman–Crippen LogP) is 2.80. The van der Waals surface area contributed by atoms with Crippen LogP contribution in [0.25, 0.3) is 0 Å². The van der Waals surface area contributed by atoms with Crippen LogP contribution in [0.5, 0.6) is 11.5 Å². The molecular weight excluding hydrogens is 392 g/mol. The van der Waals surface area contributed by atoms with Gasteiger partial charge in [0.2, 0.25) is 6.79 Å². The van der Waals surface area contributed by atoms with E-state index in [-0.39, 0.29) is 18.1 Å². The number of rotatable bonds is 7. The molecule has 0 aliphatic carbocycles. The van der Waals surface area contributed by atoms with E-state index in [1.165, 1.54) is 5.56 Å². The Labute approximate surface area is 184 Å². The van der Waals surface area contributed by atoms with Gasteiger partial charge in [0.15, 0.2) is 17.5 Å². The molecule has 2 aromatic carbocycles. The van der Waals surface area contributed by atoms with E-state index in [9.17, 15) is 4.79 Å². The quantitative estimate of drug-likeness (QED) is 0.528. The number of fused-ring (bicyclic) bond motifs is 1. The third kappa shape index (κ3) is 5.69. The Hall–Kier alpha value is -3.22. The van der Waals surface area contributed by atoms with Gasteiger partial charge in [-0.1, -0.05) is 32.0 Å². The van der Waals surface area contributed by atoms with Crippen molar-refractivity contribution in [1.82, 2.24) is 15.5 Å². The topological polar surface area (TPSA) is 75.2 Å². The van der Waals surface area contributed by atoms with Crippen molar-refractivity contribution in [2.45, 2.75) is 25.7 Å². The van der Waals surface area contributed by atoms with Crippen LogP contribution in [0.1, 0.15) is 35.3 Å². The highest BCUT2D eigenvalue weighted by Gasteiger charge is 2.24. The average molecular weight is 425 g/mol. The molecule has 7 heteroatoms. The summed E-state index contributed by atoms with van der Waals surface area (Å²) in [5, 5.41) is 6.77. The number of hydrogen-bond donors (Lipinski definition) is 2. The average Bonchev–Trinajstić information content (AvgIpc) is 3.23. The Balaban J connectivity index is 1.52. The van der Waals surface area contributed by atoms with E-state index < -0.39 is 0 Å². The highest BCUT2D eigenvalue weighted by molar-refractivity contribution is 5.94. The normalized spacial score (nSPS) is 13.1. The van der Waals surface area contributed by atoms with Crippen LogP contribution in [0.4, 0.5) is 0 Å². The summed E-state index contributed by atoms with van der Waals surface area (Å²) in [6.07, 6.45) is 0.792. The van der Waals surface area contributed by atoms with Gasteiger partial charge in [-0.3, -0.25) is 9.79 Å². The van der Waals surface area contributed by atoms with Gasteiger partial charge in [0.05, 0.1) is 0 Å². The first-order chi connectivity index (χ1) is 14.8. The lowest BCUT2D eigenvalue weighted by Gasteiger charge is -2.27. The van der Waals surface area contributed by atoms with E-state index in [0.29, 0.717) is 18.7 Å². The summed E-state index contributed by atoms with van der Waals surface area (Å²) in [6, 6.07) is 13.8. The zero-order valence-corrected chi connectivity index (χ0v) is 19.0. The zero-order valence-electron chi connectivity index (χ0n) is 19.0.